The molecule has 0 bridgehead atoms. The second-order valence-corrected chi connectivity index (χ2v) is 5.00. The van der Waals surface area contributed by atoms with Crippen LogP contribution in [0.15, 0.2) is 54.9 Å². The number of fused-ring (bicyclic) bond motifs is 3. The highest BCUT2D eigenvalue weighted by molar-refractivity contribution is 5.79. The van der Waals surface area contributed by atoms with Gasteiger partial charge in [-0.3, -0.25) is 0 Å². The van der Waals surface area contributed by atoms with Crippen molar-refractivity contribution in [3.63, 3.8) is 0 Å². The van der Waals surface area contributed by atoms with Crippen molar-refractivity contribution in [2.75, 3.05) is 0 Å². The fraction of sp³-hybridized carbons (Fsp3) is 0.111. The maximum Gasteiger partial charge on any atom is 0.159 e. The van der Waals surface area contributed by atoms with E-state index in [1.165, 1.54) is 34.6 Å². The van der Waals surface area contributed by atoms with Crippen LogP contribution in [0.5, 0.6) is 0 Å². The van der Waals surface area contributed by atoms with Crippen molar-refractivity contribution in [2.45, 2.75) is 13.3 Å². The normalized spacial score (nSPS) is 14.9. The summed E-state index contributed by atoms with van der Waals surface area (Å²) in [5, 5.41) is 0. The minimum Gasteiger partial charge on any atom is -0.236 e. The SMILES string of the molecule is [2H]C([2H])([2H])c1cnc(-c2ccc3c(c2)Cc2ccccc2-3)nc1. The van der Waals surface area contributed by atoms with Crippen LogP contribution in [0, 0.1) is 6.85 Å². The van der Waals surface area contributed by atoms with E-state index in [9.17, 15) is 0 Å². The summed E-state index contributed by atoms with van der Waals surface area (Å²) in [4.78, 5) is 8.44. The number of nitrogens with zero attached hydrogens (tertiary/aromatic N) is 2. The van der Waals surface area contributed by atoms with Crippen molar-refractivity contribution in [1.82, 2.24) is 9.97 Å². The topological polar surface area (TPSA) is 25.8 Å². The molecule has 1 aliphatic carbocycles. The molecule has 0 aliphatic heterocycles. The van der Waals surface area contributed by atoms with Gasteiger partial charge in [0, 0.05) is 22.1 Å². The van der Waals surface area contributed by atoms with Crippen molar-refractivity contribution in [3.05, 3.63) is 71.5 Å². The van der Waals surface area contributed by atoms with Crippen LogP contribution in [0.3, 0.4) is 0 Å². The van der Waals surface area contributed by atoms with Crippen LogP contribution < -0.4 is 0 Å². The first-order valence-corrected chi connectivity index (χ1v) is 6.56. The van der Waals surface area contributed by atoms with Crippen LogP contribution >= 0.6 is 0 Å². The third-order valence-corrected chi connectivity index (χ3v) is 3.70. The zero-order valence-electron chi connectivity index (χ0n) is 13.8. The van der Waals surface area contributed by atoms with E-state index in [-0.39, 0.29) is 5.56 Å². The van der Waals surface area contributed by atoms with Gasteiger partial charge in [-0.15, -0.1) is 0 Å². The Balaban J connectivity index is 1.71. The second kappa shape index (κ2) is 4.27. The van der Waals surface area contributed by atoms with Crippen LogP contribution in [0.1, 0.15) is 20.8 Å². The number of rotatable bonds is 1. The Morgan fingerprint density at radius 2 is 1.75 bits per heavy atom. The van der Waals surface area contributed by atoms with Crippen molar-refractivity contribution in [1.29, 1.82) is 0 Å². The highest BCUT2D eigenvalue weighted by Gasteiger charge is 2.18. The Morgan fingerprint density at radius 3 is 2.60 bits per heavy atom. The summed E-state index contributed by atoms with van der Waals surface area (Å²) < 4.78 is 22.1. The maximum atomic E-state index is 7.38. The predicted molar refractivity (Wildman–Crippen MR) is 80.4 cm³/mol. The summed E-state index contributed by atoms with van der Waals surface area (Å²) in [7, 11) is 0. The molecule has 3 aromatic rings. The number of aromatic nitrogens is 2. The monoisotopic (exact) mass is 261 g/mol. The van der Waals surface area contributed by atoms with E-state index in [1.54, 1.807) is 0 Å². The van der Waals surface area contributed by atoms with Gasteiger partial charge in [-0.25, -0.2) is 9.97 Å². The zero-order chi connectivity index (χ0) is 16.0. The third-order valence-electron chi connectivity index (χ3n) is 3.70. The molecule has 0 N–H and O–H groups in total. The summed E-state index contributed by atoms with van der Waals surface area (Å²) in [6, 6.07) is 14.6. The number of aryl methyl sites for hydroxylation is 1. The first-order chi connectivity index (χ1) is 11.0. The van der Waals surface area contributed by atoms with Crippen LogP contribution in [-0.4, -0.2) is 9.97 Å². The van der Waals surface area contributed by atoms with Crippen molar-refractivity contribution in [2.24, 2.45) is 0 Å². The van der Waals surface area contributed by atoms with Gasteiger partial charge >= 0.3 is 0 Å². The molecule has 0 saturated heterocycles. The van der Waals surface area contributed by atoms with E-state index < -0.39 is 6.85 Å². The Labute approximate surface area is 122 Å². The molecule has 0 unspecified atom stereocenters. The van der Waals surface area contributed by atoms with Crippen LogP contribution in [0.4, 0.5) is 0 Å². The average Bonchev–Trinajstić information content (AvgIpc) is 2.92. The molecular weight excluding hydrogens is 244 g/mol. The van der Waals surface area contributed by atoms with Gasteiger partial charge in [0.15, 0.2) is 5.82 Å². The number of hydrogen-bond acceptors (Lipinski definition) is 2. The molecule has 0 saturated carbocycles. The standard InChI is InChI=1S/C18H14N2/c1-12-10-19-18(20-11-12)14-6-7-17-15(9-14)8-13-4-2-3-5-16(13)17/h2-7,9-11H,8H2,1H3/i1D3. The highest BCUT2D eigenvalue weighted by Crippen LogP contribution is 2.37. The molecule has 1 aromatic heterocycles. The quantitative estimate of drug-likeness (QED) is 0.517. The first-order valence-electron chi connectivity index (χ1n) is 8.06. The zero-order valence-corrected chi connectivity index (χ0v) is 10.8. The van der Waals surface area contributed by atoms with Crippen molar-refractivity contribution < 1.29 is 4.11 Å². The largest absolute Gasteiger partial charge is 0.236 e. The third kappa shape index (κ3) is 1.73. The molecule has 1 heterocycles. The fourth-order valence-corrected chi connectivity index (χ4v) is 2.76. The molecule has 0 fully saturated rings. The molecule has 96 valence electrons. The van der Waals surface area contributed by atoms with Crippen molar-refractivity contribution >= 4 is 0 Å². The predicted octanol–water partition coefficient (Wildman–Crippen LogP) is 4.02. The minimum absolute atomic E-state index is 0.162. The number of benzene rings is 2. The Kier molecular flexibility index (Phi) is 1.85. The van der Waals surface area contributed by atoms with Crippen LogP contribution in [-0.2, 0) is 6.42 Å². The van der Waals surface area contributed by atoms with Gasteiger partial charge in [-0.2, -0.15) is 0 Å². The summed E-state index contributed by atoms with van der Waals surface area (Å²) in [5.74, 6) is 0.553. The lowest BCUT2D eigenvalue weighted by atomic mass is 10.0. The molecule has 0 amide bonds. The lowest BCUT2D eigenvalue weighted by Crippen LogP contribution is -1.90. The molecular formula is C18H14N2. The van der Waals surface area contributed by atoms with E-state index in [0.29, 0.717) is 5.82 Å². The molecule has 1 aliphatic rings. The Bertz CT molecular complexity index is 884. The van der Waals surface area contributed by atoms with Gasteiger partial charge in [0.25, 0.3) is 0 Å². The van der Waals surface area contributed by atoms with Gasteiger partial charge in [0.1, 0.15) is 0 Å². The Morgan fingerprint density at radius 1 is 0.950 bits per heavy atom. The molecule has 0 atom stereocenters. The fourth-order valence-electron chi connectivity index (χ4n) is 2.76. The lowest BCUT2D eigenvalue weighted by molar-refractivity contribution is 1.13. The van der Waals surface area contributed by atoms with Gasteiger partial charge in [0.2, 0.25) is 0 Å². The first kappa shape index (κ1) is 8.64. The molecule has 20 heavy (non-hydrogen) atoms. The van der Waals surface area contributed by atoms with Gasteiger partial charge in [-0.05, 0) is 47.2 Å². The summed E-state index contributed by atoms with van der Waals surface area (Å²) >= 11 is 0. The minimum atomic E-state index is -2.17. The molecule has 4 rings (SSSR count). The Hall–Kier alpha value is -2.48. The van der Waals surface area contributed by atoms with Gasteiger partial charge < -0.3 is 0 Å². The van der Waals surface area contributed by atoms with E-state index in [4.69, 9.17) is 4.11 Å². The summed E-state index contributed by atoms with van der Waals surface area (Å²) in [6.07, 6.45) is 3.68. The molecule has 0 spiro atoms. The molecule has 2 heteroatoms. The van der Waals surface area contributed by atoms with Gasteiger partial charge in [0.05, 0.1) is 0 Å². The van der Waals surface area contributed by atoms with Crippen molar-refractivity contribution in [3.8, 4) is 22.5 Å². The molecule has 2 nitrogen and oxygen atoms in total. The average molecular weight is 261 g/mol. The van der Waals surface area contributed by atoms with Gasteiger partial charge in [-0.1, -0.05) is 36.4 Å². The lowest BCUT2D eigenvalue weighted by Gasteiger charge is -2.04. The molecule has 0 radical (unpaired) electrons. The van der Waals surface area contributed by atoms with E-state index in [1.807, 2.05) is 6.07 Å². The van der Waals surface area contributed by atoms with Crippen LogP contribution in [0.2, 0.25) is 0 Å². The smallest absolute Gasteiger partial charge is 0.159 e. The van der Waals surface area contributed by atoms with Crippen LogP contribution in [0.25, 0.3) is 22.5 Å². The maximum absolute atomic E-state index is 7.38. The summed E-state index contributed by atoms with van der Waals surface area (Å²) in [6.45, 7) is -2.17. The number of hydrogen-bond donors (Lipinski definition) is 0. The van der Waals surface area contributed by atoms with E-state index in [2.05, 4.69) is 46.4 Å². The second-order valence-electron chi connectivity index (χ2n) is 5.00. The molecule has 2 aromatic carbocycles. The summed E-state index contributed by atoms with van der Waals surface area (Å²) in [5.41, 5.74) is 6.20. The van der Waals surface area contributed by atoms with E-state index >= 15 is 0 Å². The highest BCUT2D eigenvalue weighted by atomic mass is 14.9. The van der Waals surface area contributed by atoms with E-state index in [0.717, 1.165) is 12.0 Å².